The van der Waals surface area contributed by atoms with Crippen molar-refractivity contribution in [2.24, 2.45) is 0 Å². The molecule has 0 atom stereocenters. The number of nitrogens with zero attached hydrogens (tertiary/aromatic N) is 4. The fraction of sp³-hybridized carbons (Fsp3) is 0. The number of fused-ring (bicyclic) bond motifs is 1. The highest BCUT2D eigenvalue weighted by molar-refractivity contribution is 5.97. The monoisotopic (exact) mass is 578 g/mol. The van der Waals surface area contributed by atoms with E-state index in [0.29, 0.717) is 28.9 Å². The molecule has 5 heteroatoms. The van der Waals surface area contributed by atoms with Gasteiger partial charge in [-0.3, -0.25) is 0 Å². The third-order valence-electron chi connectivity index (χ3n) is 7.78. The minimum atomic E-state index is 0.589. The molecule has 5 nitrogen and oxygen atoms in total. The lowest BCUT2D eigenvalue weighted by molar-refractivity contribution is 0.620. The van der Waals surface area contributed by atoms with E-state index in [1.165, 1.54) is 0 Å². The zero-order valence-electron chi connectivity index (χ0n) is 24.2. The molecule has 212 valence electrons. The van der Waals surface area contributed by atoms with Crippen molar-refractivity contribution < 1.29 is 4.42 Å². The van der Waals surface area contributed by atoms with Gasteiger partial charge in [0, 0.05) is 27.8 Å². The smallest absolute Gasteiger partial charge is 0.227 e. The number of oxazole rings is 1. The Bertz CT molecular complexity index is 2190. The maximum Gasteiger partial charge on any atom is 0.227 e. The van der Waals surface area contributed by atoms with E-state index in [-0.39, 0.29) is 0 Å². The molecule has 0 bridgehead atoms. The second-order valence-electron chi connectivity index (χ2n) is 10.7. The zero-order chi connectivity index (χ0) is 30.0. The van der Waals surface area contributed by atoms with E-state index < -0.39 is 0 Å². The van der Waals surface area contributed by atoms with E-state index in [0.717, 1.165) is 50.0 Å². The van der Waals surface area contributed by atoms with Crippen molar-refractivity contribution in [3.05, 3.63) is 158 Å². The van der Waals surface area contributed by atoms with Gasteiger partial charge < -0.3 is 4.42 Å². The third kappa shape index (κ3) is 5.17. The van der Waals surface area contributed by atoms with Crippen LogP contribution in [0.1, 0.15) is 0 Å². The fourth-order valence-corrected chi connectivity index (χ4v) is 5.59. The molecule has 0 fully saturated rings. The quantitative estimate of drug-likeness (QED) is 0.196. The van der Waals surface area contributed by atoms with Crippen LogP contribution in [0.25, 0.3) is 79.0 Å². The molecule has 0 spiro atoms. The van der Waals surface area contributed by atoms with Gasteiger partial charge in [0.2, 0.25) is 5.89 Å². The Labute approximate surface area is 260 Å². The molecule has 0 radical (unpaired) electrons. The van der Waals surface area contributed by atoms with Gasteiger partial charge in [0.25, 0.3) is 0 Å². The van der Waals surface area contributed by atoms with E-state index in [1.54, 1.807) is 0 Å². The Morgan fingerprint density at radius 1 is 0.333 bits per heavy atom. The summed E-state index contributed by atoms with van der Waals surface area (Å²) in [7, 11) is 0. The standard InChI is InChI=1S/C40H26N4O/c1-5-15-27(16-6-1)34-25-31(26-35-36(34)41-40(45-35)30-21-11-4-12-22-30)32-23-13-14-24-33(32)39-43-37(28-17-7-2-8-18-28)42-38(44-39)29-19-9-3-10-20-29/h1-26H. The van der Waals surface area contributed by atoms with Gasteiger partial charge in [-0.05, 0) is 41.0 Å². The van der Waals surface area contributed by atoms with Gasteiger partial charge in [-0.2, -0.15) is 0 Å². The molecular formula is C40H26N4O. The van der Waals surface area contributed by atoms with Crippen LogP contribution in [0.3, 0.4) is 0 Å². The van der Waals surface area contributed by atoms with Crippen LogP contribution in [0.4, 0.5) is 0 Å². The number of aromatic nitrogens is 4. The average molecular weight is 579 g/mol. The van der Waals surface area contributed by atoms with E-state index in [9.17, 15) is 0 Å². The minimum Gasteiger partial charge on any atom is -0.436 e. The van der Waals surface area contributed by atoms with Crippen molar-refractivity contribution >= 4 is 11.1 Å². The third-order valence-corrected chi connectivity index (χ3v) is 7.78. The molecule has 0 aliphatic rings. The molecule has 45 heavy (non-hydrogen) atoms. The highest BCUT2D eigenvalue weighted by atomic mass is 16.3. The lowest BCUT2D eigenvalue weighted by Crippen LogP contribution is -2.01. The van der Waals surface area contributed by atoms with Gasteiger partial charge in [0.15, 0.2) is 23.1 Å². The molecule has 0 amide bonds. The van der Waals surface area contributed by atoms with Crippen LogP contribution in [0.2, 0.25) is 0 Å². The second-order valence-corrected chi connectivity index (χ2v) is 10.7. The molecule has 0 aliphatic carbocycles. The Morgan fingerprint density at radius 2 is 0.800 bits per heavy atom. The van der Waals surface area contributed by atoms with Crippen LogP contribution in [0.5, 0.6) is 0 Å². The average Bonchev–Trinajstić information content (AvgIpc) is 3.57. The first-order valence-electron chi connectivity index (χ1n) is 14.8. The summed E-state index contributed by atoms with van der Waals surface area (Å²) in [6.07, 6.45) is 0. The molecule has 2 aromatic heterocycles. The summed E-state index contributed by atoms with van der Waals surface area (Å²) in [5, 5.41) is 0. The summed E-state index contributed by atoms with van der Waals surface area (Å²) in [6, 6.07) is 52.9. The normalized spacial score (nSPS) is 11.1. The first-order valence-corrected chi connectivity index (χ1v) is 14.8. The lowest BCUT2D eigenvalue weighted by atomic mass is 9.94. The molecule has 2 heterocycles. The van der Waals surface area contributed by atoms with E-state index in [4.69, 9.17) is 24.4 Å². The van der Waals surface area contributed by atoms with E-state index >= 15 is 0 Å². The van der Waals surface area contributed by atoms with Crippen LogP contribution >= 0.6 is 0 Å². The van der Waals surface area contributed by atoms with Crippen molar-refractivity contribution in [1.29, 1.82) is 0 Å². The molecular weight excluding hydrogens is 552 g/mol. The first-order chi connectivity index (χ1) is 22.3. The van der Waals surface area contributed by atoms with Crippen LogP contribution in [-0.2, 0) is 0 Å². The van der Waals surface area contributed by atoms with Gasteiger partial charge in [-0.1, -0.05) is 133 Å². The van der Waals surface area contributed by atoms with Crippen LogP contribution < -0.4 is 0 Å². The van der Waals surface area contributed by atoms with Crippen LogP contribution in [0.15, 0.2) is 162 Å². The van der Waals surface area contributed by atoms with Gasteiger partial charge in [0.05, 0.1) is 0 Å². The topological polar surface area (TPSA) is 64.7 Å². The molecule has 0 aliphatic heterocycles. The molecule has 6 aromatic carbocycles. The van der Waals surface area contributed by atoms with Crippen molar-refractivity contribution in [3.8, 4) is 67.9 Å². The summed E-state index contributed by atoms with van der Waals surface area (Å²) < 4.78 is 6.43. The molecule has 8 rings (SSSR count). The van der Waals surface area contributed by atoms with E-state index in [1.807, 2.05) is 121 Å². The maximum atomic E-state index is 6.43. The highest BCUT2D eigenvalue weighted by Crippen LogP contribution is 2.39. The summed E-state index contributed by atoms with van der Waals surface area (Å²) in [6.45, 7) is 0. The lowest BCUT2D eigenvalue weighted by Gasteiger charge is -2.13. The van der Waals surface area contributed by atoms with Crippen molar-refractivity contribution in [2.75, 3.05) is 0 Å². The summed E-state index contributed by atoms with van der Waals surface area (Å²) >= 11 is 0. The van der Waals surface area contributed by atoms with Crippen molar-refractivity contribution in [2.45, 2.75) is 0 Å². The summed E-state index contributed by atoms with van der Waals surface area (Å²) in [4.78, 5) is 19.9. The number of benzene rings is 6. The Kier molecular flexibility index (Phi) is 6.74. The minimum absolute atomic E-state index is 0.589. The predicted molar refractivity (Wildman–Crippen MR) is 180 cm³/mol. The Balaban J connectivity index is 1.34. The number of rotatable bonds is 6. The van der Waals surface area contributed by atoms with Gasteiger partial charge in [-0.25, -0.2) is 19.9 Å². The van der Waals surface area contributed by atoms with Crippen LogP contribution in [-0.4, -0.2) is 19.9 Å². The van der Waals surface area contributed by atoms with Gasteiger partial charge in [-0.15, -0.1) is 0 Å². The first kappa shape index (κ1) is 26.4. The molecule has 0 N–H and O–H groups in total. The molecule has 0 saturated heterocycles. The number of hydrogen-bond acceptors (Lipinski definition) is 5. The van der Waals surface area contributed by atoms with Crippen LogP contribution in [0, 0.1) is 0 Å². The van der Waals surface area contributed by atoms with E-state index in [2.05, 4.69) is 36.4 Å². The Morgan fingerprint density at radius 3 is 1.38 bits per heavy atom. The second kappa shape index (κ2) is 11.5. The maximum absolute atomic E-state index is 6.43. The van der Waals surface area contributed by atoms with Crippen molar-refractivity contribution in [1.82, 2.24) is 19.9 Å². The van der Waals surface area contributed by atoms with Crippen molar-refractivity contribution in [3.63, 3.8) is 0 Å². The predicted octanol–water partition coefficient (Wildman–Crippen LogP) is 10.0. The Hall–Kier alpha value is -6.20. The number of hydrogen-bond donors (Lipinski definition) is 0. The summed E-state index contributed by atoms with van der Waals surface area (Å²) in [5.41, 5.74) is 9.25. The van der Waals surface area contributed by atoms with Gasteiger partial charge >= 0.3 is 0 Å². The molecule has 8 aromatic rings. The molecule has 0 unspecified atom stereocenters. The summed E-state index contributed by atoms with van der Waals surface area (Å²) in [5.74, 6) is 2.43. The van der Waals surface area contributed by atoms with Gasteiger partial charge in [0.1, 0.15) is 5.52 Å². The fourth-order valence-electron chi connectivity index (χ4n) is 5.59. The highest BCUT2D eigenvalue weighted by Gasteiger charge is 2.19. The largest absolute Gasteiger partial charge is 0.436 e. The SMILES string of the molecule is c1ccc(-c2nc(-c3ccccc3)nc(-c3ccccc3-c3cc(-c4ccccc4)c4nc(-c5ccccc5)oc4c3)n2)cc1. The zero-order valence-corrected chi connectivity index (χ0v) is 24.2. The molecule has 0 saturated carbocycles.